The van der Waals surface area contributed by atoms with Crippen LogP contribution in [-0.4, -0.2) is 13.7 Å². The topological polar surface area (TPSA) is 83.3 Å². The second-order valence-electron chi connectivity index (χ2n) is 2.14. The summed E-state index contributed by atoms with van der Waals surface area (Å²) in [4.78, 5) is 9.69. The van der Waals surface area contributed by atoms with Crippen LogP contribution in [0.3, 0.4) is 0 Å². The summed E-state index contributed by atoms with van der Waals surface area (Å²) in [6, 6.07) is 3.48. The molecule has 0 aliphatic rings. The van der Waals surface area contributed by atoms with Crippen molar-refractivity contribution in [3.05, 3.63) is 28.3 Å². The molecule has 0 spiro atoms. The Hall–Kier alpha value is 0.0800. The van der Waals surface area contributed by atoms with Gasteiger partial charge in [0.05, 0.1) is 9.82 Å². The molecule has 14 heavy (non-hydrogen) atoms. The summed E-state index contributed by atoms with van der Waals surface area (Å²) in [5.74, 6) is 0. The van der Waals surface area contributed by atoms with Crippen LogP contribution in [0.2, 0.25) is 0 Å². The minimum Gasteiger partial charge on any atom is -0.768 e. The van der Waals surface area contributed by atoms with Gasteiger partial charge in [0.25, 0.3) is 5.69 Å². The Morgan fingerprint density at radius 2 is 2.00 bits per heavy atom. The summed E-state index contributed by atoms with van der Waals surface area (Å²) < 4.78 is 20.9. The second kappa shape index (κ2) is 5.84. The fraction of sp³-hybridized carbons (Fsp3) is 0. The molecule has 1 unspecified atom stereocenters. The molecule has 1 aromatic carbocycles. The zero-order chi connectivity index (χ0) is 10.0. The second-order valence-corrected chi connectivity index (χ2v) is 3.56. The Morgan fingerprint density at radius 3 is 2.43 bits per heavy atom. The van der Waals surface area contributed by atoms with E-state index in [0.717, 1.165) is 6.07 Å². The van der Waals surface area contributed by atoms with Crippen LogP contribution >= 0.6 is 12.6 Å². The van der Waals surface area contributed by atoms with Crippen molar-refractivity contribution in [2.45, 2.75) is 9.79 Å². The van der Waals surface area contributed by atoms with Crippen molar-refractivity contribution in [3.63, 3.8) is 0 Å². The normalized spacial score (nSPS) is 11.6. The monoisotopic (exact) mass is 241 g/mol. The van der Waals surface area contributed by atoms with Crippen LogP contribution in [0.1, 0.15) is 0 Å². The molecule has 5 nitrogen and oxygen atoms in total. The van der Waals surface area contributed by atoms with Gasteiger partial charge < -0.3 is 4.55 Å². The number of thiol groups is 1. The average Bonchev–Trinajstić information content (AvgIpc) is 2.04. The zero-order valence-electron chi connectivity index (χ0n) is 7.17. The molecule has 0 saturated heterocycles. The van der Waals surface area contributed by atoms with E-state index in [0.29, 0.717) is 0 Å². The first-order chi connectivity index (χ1) is 6.02. The smallest absolute Gasteiger partial charge is 0.768 e. The van der Waals surface area contributed by atoms with Gasteiger partial charge in [-0.3, -0.25) is 14.3 Å². The molecule has 0 bridgehead atoms. The molecule has 0 radical (unpaired) electrons. The molecule has 0 heterocycles. The maximum atomic E-state index is 10.4. The molecule has 8 heteroatoms. The largest absolute Gasteiger partial charge is 1.00 e. The van der Waals surface area contributed by atoms with Crippen molar-refractivity contribution in [2.75, 3.05) is 0 Å². The van der Waals surface area contributed by atoms with Gasteiger partial charge in [-0.1, -0.05) is 0 Å². The number of hydrogen-bond acceptors (Lipinski definition) is 5. The summed E-state index contributed by atoms with van der Waals surface area (Å²) in [6.45, 7) is 0. The third-order valence-electron chi connectivity index (χ3n) is 1.34. The van der Waals surface area contributed by atoms with Gasteiger partial charge in [-0.05, 0) is 23.2 Å². The van der Waals surface area contributed by atoms with Crippen molar-refractivity contribution < 1.29 is 43.2 Å². The van der Waals surface area contributed by atoms with Crippen LogP contribution in [0.25, 0.3) is 0 Å². The summed E-state index contributed by atoms with van der Waals surface area (Å²) in [5.41, 5.74) is -0.315. The molecular formula is C6H4NNaO4S2. The Labute approximate surface area is 110 Å². The fourth-order valence-electron chi connectivity index (χ4n) is 0.753. The summed E-state index contributed by atoms with van der Waals surface area (Å²) >= 11 is 1.36. The molecular weight excluding hydrogens is 237 g/mol. The number of benzene rings is 1. The van der Waals surface area contributed by atoms with Crippen LogP contribution in [0.5, 0.6) is 0 Å². The molecule has 70 valence electrons. The first-order valence-electron chi connectivity index (χ1n) is 3.09. The van der Waals surface area contributed by atoms with Crippen molar-refractivity contribution in [1.29, 1.82) is 0 Å². The van der Waals surface area contributed by atoms with Gasteiger partial charge in [0, 0.05) is 11.0 Å². The van der Waals surface area contributed by atoms with Crippen molar-refractivity contribution in [2.24, 2.45) is 0 Å². The van der Waals surface area contributed by atoms with E-state index in [4.69, 9.17) is 0 Å². The van der Waals surface area contributed by atoms with Gasteiger partial charge in [-0.25, -0.2) is 0 Å². The molecule has 0 N–H and O–H groups in total. The molecule has 0 aliphatic heterocycles. The standard InChI is InChI=1S/C6H5NO4S2.Na/c8-7(9)5-3-4(13(10)11)1-2-6(5)12;/h1-3,12H,(H,10,11);/q;+1/p-1. The van der Waals surface area contributed by atoms with Crippen LogP contribution < -0.4 is 29.6 Å². The van der Waals surface area contributed by atoms with Gasteiger partial charge in [0.1, 0.15) is 0 Å². The summed E-state index contributed by atoms with van der Waals surface area (Å²) in [7, 11) is 0. The quantitative estimate of drug-likeness (QED) is 0.216. The summed E-state index contributed by atoms with van der Waals surface area (Å²) in [5, 5.41) is 10.4. The van der Waals surface area contributed by atoms with E-state index in [1.54, 1.807) is 0 Å². The van der Waals surface area contributed by atoms with Crippen LogP contribution in [0.4, 0.5) is 5.69 Å². The Kier molecular flexibility index (Phi) is 5.87. The third-order valence-corrected chi connectivity index (χ3v) is 2.35. The molecule has 0 fully saturated rings. The van der Waals surface area contributed by atoms with Gasteiger partial charge in [-0.15, -0.1) is 12.6 Å². The summed E-state index contributed by atoms with van der Waals surface area (Å²) in [6.07, 6.45) is 0. The van der Waals surface area contributed by atoms with Crippen molar-refractivity contribution in [1.82, 2.24) is 0 Å². The number of nitro benzene ring substituents is 1. The van der Waals surface area contributed by atoms with E-state index in [2.05, 4.69) is 12.6 Å². The van der Waals surface area contributed by atoms with E-state index in [-0.39, 0.29) is 45.0 Å². The van der Waals surface area contributed by atoms with Gasteiger partial charge in [0.15, 0.2) is 0 Å². The molecule has 0 saturated carbocycles. The number of hydrogen-bond donors (Lipinski definition) is 1. The molecule has 0 aromatic heterocycles. The fourth-order valence-corrected chi connectivity index (χ4v) is 1.36. The predicted octanol–water partition coefficient (Wildman–Crippen LogP) is -1.87. The maximum absolute atomic E-state index is 10.4. The molecule has 1 rings (SSSR count). The maximum Gasteiger partial charge on any atom is 1.00 e. The number of rotatable bonds is 2. The number of nitro groups is 1. The Balaban J connectivity index is 0.00000169. The SMILES string of the molecule is O=[N+]([O-])c1cc(S(=O)[O-])ccc1S.[Na+]. The van der Waals surface area contributed by atoms with E-state index >= 15 is 0 Å². The molecule has 0 aliphatic carbocycles. The zero-order valence-corrected chi connectivity index (χ0v) is 10.9. The van der Waals surface area contributed by atoms with Crippen molar-refractivity contribution in [3.8, 4) is 0 Å². The minimum atomic E-state index is -2.45. The minimum absolute atomic E-state index is 0. The van der Waals surface area contributed by atoms with Gasteiger partial charge in [0.2, 0.25) is 0 Å². The first-order valence-corrected chi connectivity index (χ1v) is 4.61. The van der Waals surface area contributed by atoms with Gasteiger partial charge >= 0.3 is 29.6 Å². The van der Waals surface area contributed by atoms with Crippen LogP contribution in [0.15, 0.2) is 28.0 Å². The predicted molar refractivity (Wildman–Crippen MR) is 47.5 cm³/mol. The van der Waals surface area contributed by atoms with Crippen LogP contribution in [-0.2, 0) is 11.1 Å². The van der Waals surface area contributed by atoms with Crippen LogP contribution in [0, 0.1) is 10.1 Å². The third kappa shape index (κ3) is 3.34. The Bertz CT molecular complexity index is 384. The van der Waals surface area contributed by atoms with Crippen molar-refractivity contribution >= 4 is 29.4 Å². The molecule has 1 aromatic rings. The van der Waals surface area contributed by atoms with E-state index < -0.39 is 16.0 Å². The Morgan fingerprint density at radius 1 is 1.43 bits per heavy atom. The van der Waals surface area contributed by atoms with E-state index in [1.165, 1.54) is 12.1 Å². The average molecular weight is 241 g/mol. The van der Waals surface area contributed by atoms with Gasteiger partial charge in [-0.2, -0.15) is 0 Å². The van der Waals surface area contributed by atoms with E-state index in [1.807, 2.05) is 0 Å². The molecule has 0 amide bonds. The molecule has 1 atom stereocenters. The first kappa shape index (κ1) is 14.1. The van der Waals surface area contributed by atoms with E-state index in [9.17, 15) is 18.9 Å². The number of nitrogens with zero attached hydrogens (tertiary/aromatic N) is 1.